The van der Waals surface area contributed by atoms with Gasteiger partial charge < -0.3 is 0 Å². The molecule has 7 unspecified atom stereocenters. The van der Waals surface area contributed by atoms with Crippen LogP contribution in [0.3, 0.4) is 0 Å². The van der Waals surface area contributed by atoms with Gasteiger partial charge in [0.1, 0.15) is 0 Å². The van der Waals surface area contributed by atoms with Crippen LogP contribution in [0.1, 0.15) is 96.3 Å². The average Bonchev–Trinajstić information content (AvgIpc) is 2.97. The van der Waals surface area contributed by atoms with Gasteiger partial charge in [0.15, 0.2) is 0 Å². The van der Waals surface area contributed by atoms with Gasteiger partial charge in [0.25, 0.3) is 0 Å². The molecule has 2 fully saturated rings. The minimum absolute atomic E-state index is 0.495. The molecule has 0 amide bonds. The van der Waals surface area contributed by atoms with Crippen LogP contribution in [-0.4, -0.2) is 0 Å². The highest BCUT2D eigenvalue weighted by atomic mass is 14.4. The monoisotopic (exact) mass is 478 g/mol. The Bertz CT molecular complexity index is 1030. The standard InChI is InChI=1S/C36H46/c1-2-10-28(11-3-1)30-19-22-32(23-20-30)36-16-7-6-13-31(36)18-17-27-9-8-15-33(25-27)35-24-21-29-12-4-5-14-34(29)26-35/h2,6-11,15,22,29-31,33-36H,1,3-5,12-14,16,19-21,23-26H2. The van der Waals surface area contributed by atoms with Crippen LogP contribution in [0.25, 0.3) is 0 Å². The number of allylic oxidation sites excluding steroid dienone is 12. The summed E-state index contributed by atoms with van der Waals surface area (Å²) in [5, 5.41) is 0. The van der Waals surface area contributed by atoms with E-state index in [-0.39, 0.29) is 0 Å². The second-order valence-electron chi connectivity index (χ2n) is 12.7. The fourth-order valence-corrected chi connectivity index (χ4v) is 8.42. The molecular weight excluding hydrogens is 432 g/mol. The predicted molar refractivity (Wildman–Crippen MR) is 153 cm³/mol. The first-order valence-corrected chi connectivity index (χ1v) is 15.4. The lowest BCUT2D eigenvalue weighted by Crippen LogP contribution is -2.31. The van der Waals surface area contributed by atoms with Crippen molar-refractivity contribution in [3.8, 4) is 11.8 Å². The van der Waals surface area contributed by atoms with E-state index in [0.717, 1.165) is 36.0 Å². The zero-order valence-corrected chi connectivity index (χ0v) is 22.3. The molecule has 0 spiro atoms. The Morgan fingerprint density at radius 2 is 1.67 bits per heavy atom. The van der Waals surface area contributed by atoms with Crippen LogP contribution in [0.2, 0.25) is 0 Å². The highest BCUT2D eigenvalue weighted by Crippen LogP contribution is 2.46. The summed E-state index contributed by atoms with van der Waals surface area (Å²) in [6.45, 7) is 0. The molecule has 190 valence electrons. The van der Waals surface area contributed by atoms with Gasteiger partial charge in [-0.05, 0) is 112 Å². The second kappa shape index (κ2) is 11.6. The summed E-state index contributed by atoms with van der Waals surface area (Å²) in [5.74, 6) is 13.1. The molecule has 0 aromatic carbocycles. The molecule has 0 heteroatoms. The Hall–Kier alpha value is -2.00. The maximum Gasteiger partial charge on any atom is 0.0309 e. The summed E-state index contributed by atoms with van der Waals surface area (Å²) in [5.41, 5.74) is 4.70. The Balaban J connectivity index is 1.08. The fraction of sp³-hybridized carbons (Fsp3) is 0.611. The predicted octanol–water partition coefficient (Wildman–Crippen LogP) is 9.68. The van der Waals surface area contributed by atoms with Crippen LogP contribution < -0.4 is 0 Å². The molecule has 7 atom stereocenters. The second-order valence-corrected chi connectivity index (χ2v) is 12.7. The summed E-state index contributed by atoms with van der Waals surface area (Å²) in [7, 11) is 0. The van der Waals surface area contributed by atoms with Crippen LogP contribution in [0, 0.1) is 53.3 Å². The van der Waals surface area contributed by atoms with Gasteiger partial charge in [0.2, 0.25) is 0 Å². The van der Waals surface area contributed by atoms with Gasteiger partial charge >= 0.3 is 0 Å². The summed E-state index contributed by atoms with van der Waals surface area (Å²) in [4.78, 5) is 0. The Morgan fingerprint density at radius 3 is 2.53 bits per heavy atom. The van der Waals surface area contributed by atoms with E-state index in [9.17, 15) is 0 Å². The molecule has 6 aliphatic rings. The van der Waals surface area contributed by atoms with Crippen molar-refractivity contribution in [2.45, 2.75) is 96.3 Å². The van der Waals surface area contributed by atoms with Gasteiger partial charge in [0, 0.05) is 11.5 Å². The molecule has 0 aromatic rings. The van der Waals surface area contributed by atoms with Crippen molar-refractivity contribution in [1.29, 1.82) is 0 Å². The Morgan fingerprint density at radius 1 is 0.778 bits per heavy atom. The smallest absolute Gasteiger partial charge is 0.0309 e. The minimum atomic E-state index is 0.495. The minimum Gasteiger partial charge on any atom is -0.0939 e. The number of rotatable bonds is 3. The molecule has 6 rings (SSSR count). The number of hydrogen-bond donors (Lipinski definition) is 0. The molecule has 0 bridgehead atoms. The van der Waals surface area contributed by atoms with Crippen LogP contribution in [0.15, 0.2) is 71.4 Å². The fourth-order valence-electron chi connectivity index (χ4n) is 8.42. The summed E-state index contributed by atoms with van der Waals surface area (Å²) in [6.07, 6.45) is 42.0. The van der Waals surface area contributed by atoms with Gasteiger partial charge in [0.05, 0.1) is 0 Å². The van der Waals surface area contributed by atoms with Gasteiger partial charge in [-0.3, -0.25) is 0 Å². The Labute approximate surface area is 220 Å². The molecule has 0 N–H and O–H groups in total. The molecule has 0 nitrogen and oxygen atoms in total. The first kappa shape index (κ1) is 24.3. The van der Waals surface area contributed by atoms with Crippen LogP contribution in [0.5, 0.6) is 0 Å². The average molecular weight is 479 g/mol. The van der Waals surface area contributed by atoms with Crippen molar-refractivity contribution in [3.05, 3.63) is 71.4 Å². The molecule has 6 aliphatic carbocycles. The molecule has 0 radical (unpaired) electrons. The Kier molecular flexibility index (Phi) is 7.84. The van der Waals surface area contributed by atoms with Gasteiger partial charge in [-0.15, -0.1) is 0 Å². The maximum atomic E-state index is 3.82. The lowest BCUT2D eigenvalue weighted by atomic mass is 9.64. The first-order chi connectivity index (χ1) is 17.8. The summed E-state index contributed by atoms with van der Waals surface area (Å²) >= 11 is 0. The molecule has 0 aliphatic heterocycles. The van der Waals surface area contributed by atoms with Crippen molar-refractivity contribution in [3.63, 3.8) is 0 Å². The van der Waals surface area contributed by atoms with Crippen molar-refractivity contribution in [2.75, 3.05) is 0 Å². The largest absolute Gasteiger partial charge is 0.0939 e. The van der Waals surface area contributed by atoms with E-state index in [1.807, 2.05) is 0 Å². The van der Waals surface area contributed by atoms with Crippen molar-refractivity contribution >= 4 is 0 Å². The quantitative estimate of drug-likeness (QED) is 0.280. The van der Waals surface area contributed by atoms with Crippen molar-refractivity contribution in [1.82, 2.24) is 0 Å². The topological polar surface area (TPSA) is 0 Å². The van der Waals surface area contributed by atoms with Gasteiger partial charge in [-0.25, -0.2) is 0 Å². The third kappa shape index (κ3) is 5.62. The first-order valence-electron chi connectivity index (χ1n) is 15.4. The van der Waals surface area contributed by atoms with E-state index < -0.39 is 0 Å². The zero-order valence-electron chi connectivity index (χ0n) is 22.3. The summed E-state index contributed by atoms with van der Waals surface area (Å²) < 4.78 is 0. The molecule has 2 saturated carbocycles. The van der Waals surface area contributed by atoms with E-state index in [1.54, 1.807) is 11.1 Å². The van der Waals surface area contributed by atoms with E-state index in [2.05, 4.69) is 66.5 Å². The van der Waals surface area contributed by atoms with Gasteiger partial charge in [-0.1, -0.05) is 97.8 Å². The highest BCUT2D eigenvalue weighted by molar-refractivity contribution is 5.37. The molecular formula is C36H46. The lowest BCUT2D eigenvalue weighted by molar-refractivity contribution is 0.110. The SMILES string of the molecule is C(#CC1CC=CCC1C1=CCC(C2=CCCC=C2)CC1)C1=CC=CC(C2CCC3CCCCC3C2)C1. The van der Waals surface area contributed by atoms with E-state index >= 15 is 0 Å². The van der Waals surface area contributed by atoms with E-state index in [0.29, 0.717) is 11.8 Å². The molecule has 0 aromatic heterocycles. The van der Waals surface area contributed by atoms with Crippen LogP contribution in [0.4, 0.5) is 0 Å². The third-order valence-corrected chi connectivity index (χ3v) is 10.6. The lowest BCUT2D eigenvalue weighted by Gasteiger charge is -2.41. The summed E-state index contributed by atoms with van der Waals surface area (Å²) in [6, 6.07) is 0. The van der Waals surface area contributed by atoms with E-state index in [1.165, 1.54) is 95.5 Å². The van der Waals surface area contributed by atoms with Crippen LogP contribution >= 0.6 is 0 Å². The highest BCUT2D eigenvalue weighted by Gasteiger charge is 2.35. The van der Waals surface area contributed by atoms with Crippen molar-refractivity contribution in [2.24, 2.45) is 41.4 Å². The zero-order chi connectivity index (χ0) is 24.2. The third-order valence-electron chi connectivity index (χ3n) is 10.6. The molecule has 36 heavy (non-hydrogen) atoms. The molecule has 0 heterocycles. The maximum absolute atomic E-state index is 3.82. The van der Waals surface area contributed by atoms with Crippen molar-refractivity contribution < 1.29 is 0 Å². The number of hydrogen-bond acceptors (Lipinski definition) is 0. The van der Waals surface area contributed by atoms with E-state index in [4.69, 9.17) is 0 Å². The molecule has 0 saturated heterocycles. The number of fused-ring (bicyclic) bond motifs is 1. The van der Waals surface area contributed by atoms with Crippen LogP contribution in [-0.2, 0) is 0 Å². The van der Waals surface area contributed by atoms with Gasteiger partial charge in [-0.2, -0.15) is 0 Å². The normalized spacial score (nSPS) is 38.2.